The Bertz CT molecular complexity index is 1960. The number of benzene rings is 3. The zero-order chi connectivity index (χ0) is 35.1. The van der Waals surface area contributed by atoms with Crippen LogP contribution in [0.2, 0.25) is 5.02 Å². The number of imide groups is 2. The van der Waals surface area contributed by atoms with E-state index in [1.165, 1.54) is 50.6 Å². The second-order valence-electron chi connectivity index (χ2n) is 13.0. The first-order valence-corrected chi connectivity index (χ1v) is 16.0. The van der Waals surface area contributed by atoms with Crippen LogP contribution in [0.1, 0.15) is 31.2 Å². The number of rotatable bonds is 6. The fourth-order valence-corrected chi connectivity index (χ4v) is 8.60. The van der Waals surface area contributed by atoms with Gasteiger partial charge in [-0.15, -0.1) is 0 Å². The molecule has 252 valence electrons. The number of fused-ring (bicyclic) bond motifs is 4. The van der Waals surface area contributed by atoms with Gasteiger partial charge in [0.05, 0.1) is 53.8 Å². The van der Waals surface area contributed by atoms with Gasteiger partial charge in [0, 0.05) is 5.92 Å². The third-order valence-electron chi connectivity index (χ3n) is 10.7. The third kappa shape index (κ3) is 4.70. The molecular weight excluding hydrogens is 658 g/mol. The van der Waals surface area contributed by atoms with Gasteiger partial charge in [-0.2, -0.15) is 0 Å². The van der Waals surface area contributed by atoms with Gasteiger partial charge in [-0.1, -0.05) is 35.4 Å². The zero-order valence-corrected chi connectivity index (χ0v) is 27.3. The molecule has 49 heavy (non-hydrogen) atoms. The van der Waals surface area contributed by atoms with Crippen LogP contribution in [0.4, 0.5) is 15.8 Å². The summed E-state index contributed by atoms with van der Waals surface area (Å²) in [5, 5.41) is 30.0. The molecule has 6 atom stereocenters. The van der Waals surface area contributed by atoms with Gasteiger partial charge in [-0.05, 0) is 79.2 Å². The maximum absolute atomic E-state index is 14.6. The summed E-state index contributed by atoms with van der Waals surface area (Å²) in [4.78, 5) is 59.3. The number of methoxy groups -OCH3 is 2. The molecule has 0 aromatic heterocycles. The summed E-state index contributed by atoms with van der Waals surface area (Å²) >= 11 is 6.08. The Balaban J connectivity index is 1.39. The Hall–Kier alpha value is -4.72. The highest BCUT2D eigenvalue weighted by atomic mass is 35.5. The number of aromatic hydroxyl groups is 1. The first kappa shape index (κ1) is 32.8. The molecule has 2 aliphatic heterocycles. The average Bonchev–Trinajstić information content (AvgIpc) is 3.45. The van der Waals surface area contributed by atoms with Crippen LogP contribution in [0.5, 0.6) is 17.2 Å². The van der Waals surface area contributed by atoms with E-state index in [4.69, 9.17) is 21.1 Å². The van der Waals surface area contributed by atoms with Crippen molar-refractivity contribution in [2.75, 3.05) is 24.0 Å². The van der Waals surface area contributed by atoms with Gasteiger partial charge >= 0.3 is 7.12 Å². The summed E-state index contributed by atoms with van der Waals surface area (Å²) in [6, 6.07) is 12.6. The van der Waals surface area contributed by atoms with E-state index in [9.17, 15) is 38.7 Å². The molecule has 2 aliphatic carbocycles. The monoisotopic (exact) mass is 688 g/mol. The maximum atomic E-state index is 14.6. The number of phenols is 1. The van der Waals surface area contributed by atoms with Crippen molar-refractivity contribution in [2.45, 2.75) is 25.7 Å². The van der Waals surface area contributed by atoms with Crippen LogP contribution in [0.15, 0.2) is 66.2 Å². The Morgan fingerprint density at radius 2 is 1.57 bits per heavy atom. The van der Waals surface area contributed by atoms with Crippen LogP contribution in [0, 0.1) is 34.9 Å². The second-order valence-corrected chi connectivity index (χ2v) is 13.4. The van der Waals surface area contributed by atoms with E-state index in [2.05, 4.69) is 0 Å². The molecule has 7 rings (SSSR count). The molecule has 4 amide bonds. The topological polar surface area (TPSA) is 154 Å². The van der Waals surface area contributed by atoms with Crippen LogP contribution in [0.25, 0.3) is 0 Å². The predicted octanol–water partition coefficient (Wildman–Crippen LogP) is 3.32. The minimum Gasteiger partial charge on any atom is -0.502 e. The minimum absolute atomic E-state index is 0.0601. The highest BCUT2D eigenvalue weighted by molar-refractivity contribution is 6.58. The van der Waals surface area contributed by atoms with E-state index in [1.807, 2.05) is 6.08 Å². The van der Waals surface area contributed by atoms with Gasteiger partial charge in [0.15, 0.2) is 11.5 Å². The summed E-state index contributed by atoms with van der Waals surface area (Å²) in [5.74, 6) is -7.07. The smallest absolute Gasteiger partial charge is 0.488 e. The van der Waals surface area contributed by atoms with E-state index < -0.39 is 71.6 Å². The normalized spacial score (nSPS) is 27.5. The number of halogens is 2. The van der Waals surface area contributed by atoms with Gasteiger partial charge in [-0.3, -0.25) is 24.1 Å². The molecule has 6 unspecified atom stereocenters. The molecule has 3 N–H and O–H groups in total. The van der Waals surface area contributed by atoms with Crippen molar-refractivity contribution in [3.63, 3.8) is 0 Å². The quantitative estimate of drug-likeness (QED) is 0.201. The van der Waals surface area contributed by atoms with Gasteiger partial charge < -0.3 is 24.6 Å². The standard InChI is InChI=1S/C35H31BClFN2O9/c1-35-23(32(43)40(34(35)45)19-7-10-25(38)24(37)14-19)15-22-20(29(35)16-11-26(48-2)30(41)27(12-16)49-3)8-9-21-28(22)33(44)39(31(21)42)18-6-4-5-17(13-18)36(46)47/h4-8,10-14,21-23,28-29,41,46-47H,9,15H2,1-3H3. The van der Waals surface area contributed by atoms with E-state index in [0.29, 0.717) is 11.1 Å². The van der Waals surface area contributed by atoms with Crippen molar-refractivity contribution in [3.05, 3.63) is 82.6 Å². The van der Waals surface area contributed by atoms with Gasteiger partial charge in [0.25, 0.3) is 0 Å². The van der Waals surface area contributed by atoms with Crippen molar-refractivity contribution in [1.82, 2.24) is 0 Å². The summed E-state index contributed by atoms with van der Waals surface area (Å²) in [6.45, 7) is 1.68. The molecule has 0 spiro atoms. The first-order chi connectivity index (χ1) is 23.3. The number of allylic oxidation sites excluding steroid dienone is 2. The fourth-order valence-electron chi connectivity index (χ4n) is 8.43. The van der Waals surface area contributed by atoms with Crippen LogP contribution in [-0.2, 0) is 19.2 Å². The van der Waals surface area contributed by atoms with Crippen LogP contribution in [0.3, 0.4) is 0 Å². The SMILES string of the molecule is COc1cc(C2C3=CCC4C(=O)N(c5cccc(B(O)O)c5)C(=O)C4C3CC3C(=O)N(c4ccc(F)c(Cl)c4)C(=O)C32C)cc(OC)c1O. The molecule has 0 bridgehead atoms. The summed E-state index contributed by atoms with van der Waals surface area (Å²) in [6.07, 6.45) is 2.09. The minimum atomic E-state index is -1.82. The fraction of sp³-hybridized carbons (Fsp3) is 0.314. The molecule has 3 aromatic rings. The summed E-state index contributed by atoms with van der Waals surface area (Å²) in [5.41, 5.74) is 0.108. The zero-order valence-electron chi connectivity index (χ0n) is 26.6. The Morgan fingerprint density at radius 3 is 2.20 bits per heavy atom. The van der Waals surface area contributed by atoms with Gasteiger partial charge in [-0.25, -0.2) is 9.29 Å². The number of carbonyl (C=O) groups excluding carboxylic acids is 4. The lowest BCUT2D eigenvalue weighted by molar-refractivity contribution is -0.131. The summed E-state index contributed by atoms with van der Waals surface area (Å²) in [7, 11) is 0.913. The molecule has 4 aliphatic rings. The van der Waals surface area contributed by atoms with Crippen molar-refractivity contribution in [1.29, 1.82) is 0 Å². The van der Waals surface area contributed by atoms with E-state index >= 15 is 0 Å². The van der Waals surface area contributed by atoms with Crippen molar-refractivity contribution >= 4 is 59.2 Å². The van der Waals surface area contributed by atoms with Gasteiger partial charge in [0.1, 0.15) is 5.82 Å². The molecule has 2 saturated heterocycles. The van der Waals surface area contributed by atoms with E-state index in [-0.39, 0.29) is 52.0 Å². The number of hydrogen-bond acceptors (Lipinski definition) is 9. The average molecular weight is 689 g/mol. The molecule has 2 heterocycles. The molecule has 14 heteroatoms. The molecular formula is C35H31BClFN2O9. The number of hydrogen-bond donors (Lipinski definition) is 3. The predicted molar refractivity (Wildman–Crippen MR) is 176 cm³/mol. The highest BCUT2D eigenvalue weighted by Gasteiger charge is 2.67. The molecule has 3 aromatic carbocycles. The number of carbonyl (C=O) groups is 4. The molecule has 1 saturated carbocycles. The second kappa shape index (κ2) is 11.7. The lowest BCUT2D eigenvalue weighted by Crippen LogP contribution is -2.48. The molecule has 0 radical (unpaired) electrons. The number of nitrogens with zero attached hydrogens (tertiary/aromatic N) is 2. The van der Waals surface area contributed by atoms with Crippen LogP contribution in [-0.4, -0.2) is 60.1 Å². The van der Waals surface area contributed by atoms with Crippen LogP contribution < -0.4 is 24.7 Å². The van der Waals surface area contributed by atoms with E-state index in [1.54, 1.807) is 19.1 Å². The van der Waals surface area contributed by atoms with Crippen molar-refractivity contribution < 1.29 is 48.2 Å². The largest absolute Gasteiger partial charge is 0.502 e. The van der Waals surface area contributed by atoms with Crippen molar-refractivity contribution in [2.24, 2.45) is 29.1 Å². The Morgan fingerprint density at radius 1 is 0.898 bits per heavy atom. The third-order valence-corrected chi connectivity index (χ3v) is 11.0. The number of amides is 4. The molecule has 3 fully saturated rings. The first-order valence-electron chi connectivity index (χ1n) is 15.7. The Labute approximate surface area is 285 Å². The van der Waals surface area contributed by atoms with Crippen LogP contribution >= 0.6 is 11.6 Å². The summed E-state index contributed by atoms with van der Waals surface area (Å²) < 4.78 is 25.1. The highest BCUT2D eigenvalue weighted by Crippen LogP contribution is 2.64. The maximum Gasteiger partial charge on any atom is 0.488 e. The Kier molecular flexibility index (Phi) is 7.84. The lowest BCUT2D eigenvalue weighted by Gasteiger charge is -2.49. The van der Waals surface area contributed by atoms with Crippen molar-refractivity contribution in [3.8, 4) is 17.2 Å². The van der Waals surface area contributed by atoms with Gasteiger partial charge in [0.2, 0.25) is 29.4 Å². The number of ether oxygens (including phenoxy) is 2. The lowest BCUT2D eigenvalue weighted by atomic mass is 9.51. The van der Waals surface area contributed by atoms with E-state index in [0.717, 1.165) is 15.9 Å². The molecule has 11 nitrogen and oxygen atoms in total. The number of anilines is 2. The number of phenolic OH excluding ortho intramolecular Hbond substituents is 1.